The number of pyridine rings is 1. The summed E-state index contributed by atoms with van der Waals surface area (Å²) in [6.07, 6.45) is 0.744. The summed E-state index contributed by atoms with van der Waals surface area (Å²) in [5.74, 6) is -0.886. The molecule has 0 saturated carbocycles. The second kappa shape index (κ2) is 7.94. The number of amides is 1. The van der Waals surface area contributed by atoms with E-state index in [0.29, 0.717) is 0 Å². The van der Waals surface area contributed by atoms with E-state index in [4.69, 9.17) is 4.74 Å². The minimum atomic E-state index is -0.681. The van der Waals surface area contributed by atoms with Gasteiger partial charge in [-0.15, -0.1) is 0 Å². The third kappa shape index (κ3) is 5.10. The first-order chi connectivity index (χ1) is 12.6. The van der Waals surface area contributed by atoms with E-state index < -0.39 is 23.3 Å². The summed E-state index contributed by atoms with van der Waals surface area (Å²) in [6.45, 7) is 5.21. The van der Waals surface area contributed by atoms with Crippen LogP contribution in [0.2, 0.25) is 0 Å². The normalized spacial score (nSPS) is 11.8. The minimum Gasteiger partial charge on any atom is -0.443 e. The predicted molar refractivity (Wildman–Crippen MR) is 97.9 cm³/mol. The second-order valence-corrected chi connectivity index (χ2v) is 6.73. The first-order valence-corrected chi connectivity index (χ1v) is 8.08. The van der Waals surface area contributed by atoms with Crippen molar-refractivity contribution >= 4 is 23.4 Å². The Kier molecular flexibility index (Phi) is 5.89. The van der Waals surface area contributed by atoms with Crippen molar-refractivity contribution in [1.29, 1.82) is 0 Å². The molecular formula is C19H20FN3O4. The van der Waals surface area contributed by atoms with Gasteiger partial charge in [0.25, 0.3) is 0 Å². The van der Waals surface area contributed by atoms with E-state index in [-0.39, 0.29) is 22.7 Å². The number of carbonyl (C=O) groups excluding carboxylic acids is 2. The first kappa shape index (κ1) is 20.0. The second-order valence-electron chi connectivity index (χ2n) is 6.73. The predicted octanol–water partition coefficient (Wildman–Crippen LogP) is 3.65. The number of hydrogen-bond donors (Lipinski definition) is 1. The third-order valence-electron chi connectivity index (χ3n) is 3.45. The molecule has 0 aliphatic rings. The number of anilines is 1. The highest BCUT2D eigenvalue weighted by Gasteiger charge is 2.23. The van der Waals surface area contributed by atoms with Gasteiger partial charge in [-0.3, -0.25) is 9.69 Å². The van der Waals surface area contributed by atoms with Gasteiger partial charge in [-0.05, 0) is 57.2 Å². The molecule has 0 aliphatic heterocycles. The number of ether oxygens (including phenoxy) is 1. The van der Waals surface area contributed by atoms with Gasteiger partial charge in [0, 0.05) is 24.4 Å². The van der Waals surface area contributed by atoms with Crippen molar-refractivity contribution in [2.45, 2.75) is 26.4 Å². The molecule has 0 bridgehead atoms. The van der Waals surface area contributed by atoms with Crippen molar-refractivity contribution in [3.63, 3.8) is 0 Å². The number of Topliss-reactive ketones (excluding diaryl/α,β-unsaturated/α-hetero) is 1. The van der Waals surface area contributed by atoms with Gasteiger partial charge in [-0.25, -0.2) is 14.2 Å². The molecule has 2 rings (SSSR count). The van der Waals surface area contributed by atoms with Crippen LogP contribution in [0.5, 0.6) is 0 Å². The molecule has 0 radical (unpaired) electrons. The van der Waals surface area contributed by atoms with E-state index in [1.54, 1.807) is 20.8 Å². The van der Waals surface area contributed by atoms with Crippen molar-refractivity contribution in [2.24, 2.45) is 5.16 Å². The molecule has 2 aromatic rings. The average Bonchev–Trinajstić information content (AvgIpc) is 2.61. The van der Waals surface area contributed by atoms with Crippen molar-refractivity contribution in [2.75, 3.05) is 11.9 Å². The molecule has 1 aromatic heterocycles. The number of ketones is 1. The average molecular weight is 373 g/mol. The van der Waals surface area contributed by atoms with Crippen LogP contribution >= 0.6 is 0 Å². The lowest BCUT2D eigenvalue weighted by molar-refractivity contribution is 0.0588. The highest BCUT2D eigenvalue weighted by molar-refractivity contribution is 6.51. The fourth-order valence-electron chi connectivity index (χ4n) is 2.15. The number of halogens is 1. The summed E-state index contributed by atoms with van der Waals surface area (Å²) in [5.41, 5.74) is -0.544. The Morgan fingerprint density at radius 3 is 2.33 bits per heavy atom. The number of carbonyl (C=O) groups is 2. The van der Waals surface area contributed by atoms with Crippen molar-refractivity contribution in [3.05, 3.63) is 59.5 Å². The van der Waals surface area contributed by atoms with Gasteiger partial charge in [0.15, 0.2) is 5.71 Å². The zero-order valence-electron chi connectivity index (χ0n) is 15.4. The van der Waals surface area contributed by atoms with Gasteiger partial charge in [0.1, 0.15) is 17.2 Å². The van der Waals surface area contributed by atoms with Gasteiger partial charge < -0.3 is 9.94 Å². The lowest BCUT2D eigenvalue weighted by Gasteiger charge is -2.24. The molecule has 0 fully saturated rings. The Morgan fingerprint density at radius 2 is 1.78 bits per heavy atom. The highest BCUT2D eigenvalue weighted by Crippen LogP contribution is 2.17. The largest absolute Gasteiger partial charge is 0.443 e. The topological polar surface area (TPSA) is 92.1 Å². The van der Waals surface area contributed by atoms with Crippen LogP contribution in [-0.4, -0.2) is 40.4 Å². The maximum atomic E-state index is 13.0. The van der Waals surface area contributed by atoms with Gasteiger partial charge in [-0.1, -0.05) is 5.16 Å². The van der Waals surface area contributed by atoms with Crippen LogP contribution in [0.15, 0.2) is 47.8 Å². The Bertz CT molecular complexity index is 873. The number of hydrogen-bond acceptors (Lipinski definition) is 6. The van der Waals surface area contributed by atoms with Crippen LogP contribution in [0.3, 0.4) is 0 Å². The van der Waals surface area contributed by atoms with E-state index >= 15 is 0 Å². The zero-order chi connectivity index (χ0) is 20.2. The summed E-state index contributed by atoms with van der Waals surface area (Å²) >= 11 is 0. The maximum absolute atomic E-state index is 13.0. The van der Waals surface area contributed by atoms with Crippen LogP contribution in [0, 0.1) is 5.82 Å². The number of benzene rings is 1. The number of aromatic nitrogens is 1. The summed E-state index contributed by atoms with van der Waals surface area (Å²) in [7, 11) is 1.47. The smallest absolute Gasteiger partial charge is 0.415 e. The fourth-order valence-corrected chi connectivity index (χ4v) is 2.15. The zero-order valence-corrected chi connectivity index (χ0v) is 15.4. The summed E-state index contributed by atoms with van der Waals surface area (Å²) < 4.78 is 18.3. The number of nitrogens with zero attached hydrogens (tertiary/aromatic N) is 3. The highest BCUT2D eigenvalue weighted by atomic mass is 19.1. The van der Waals surface area contributed by atoms with Gasteiger partial charge >= 0.3 is 6.09 Å². The first-order valence-electron chi connectivity index (χ1n) is 8.08. The Morgan fingerprint density at radius 1 is 1.15 bits per heavy atom. The van der Waals surface area contributed by atoms with Crippen molar-refractivity contribution < 1.29 is 23.9 Å². The number of rotatable bonds is 4. The number of oxime groups is 1. The van der Waals surface area contributed by atoms with Gasteiger partial charge in [0.2, 0.25) is 5.78 Å². The molecule has 0 spiro atoms. The van der Waals surface area contributed by atoms with Crippen LogP contribution in [0.25, 0.3) is 0 Å². The molecule has 27 heavy (non-hydrogen) atoms. The van der Waals surface area contributed by atoms with Crippen LogP contribution in [-0.2, 0) is 4.74 Å². The molecule has 1 amide bonds. The summed E-state index contributed by atoms with van der Waals surface area (Å²) in [6, 6.07) is 7.73. The van der Waals surface area contributed by atoms with Gasteiger partial charge in [-0.2, -0.15) is 0 Å². The molecule has 142 valence electrons. The molecule has 7 nitrogen and oxygen atoms in total. The van der Waals surface area contributed by atoms with E-state index in [2.05, 4.69) is 10.1 Å². The van der Waals surface area contributed by atoms with E-state index in [1.807, 2.05) is 0 Å². The minimum absolute atomic E-state index is 0.156. The Labute approximate surface area is 156 Å². The molecule has 0 saturated heterocycles. The maximum Gasteiger partial charge on any atom is 0.415 e. The third-order valence-corrected chi connectivity index (χ3v) is 3.45. The van der Waals surface area contributed by atoms with E-state index in [1.165, 1.54) is 42.4 Å². The van der Waals surface area contributed by atoms with E-state index in [0.717, 1.165) is 12.1 Å². The van der Waals surface area contributed by atoms with Crippen LogP contribution in [0.1, 0.15) is 36.7 Å². The van der Waals surface area contributed by atoms with Gasteiger partial charge in [0.05, 0.1) is 0 Å². The van der Waals surface area contributed by atoms with Crippen LogP contribution < -0.4 is 4.90 Å². The molecule has 1 aromatic carbocycles. The Hall–Kier alpha value is -3.29. The summed E-state index contributed by atoms with van der Waals surface area (Å²) in [4.78, 5) is 30.0. The lowest BCUT2D eigenvalue weighted by atomic mass is 10.0. The van der Waals surface area contributed by atoms with Crippen LogP contribution in [0.4, 0.5) is 15.0 Å². The molecule has 0 aliphatic carbocycles. The summed E-state index contributed by atoms with van der Waals surface area (Å²) in [5, 5.41) is 12.4. The molecular weight excluding hydrogens is 353 g/mol. The molecule has 8 heteroatoms. The molecule has 1 N–H and O–H groups in total. The van der Waals surface area contributed by atoms with Crippen molar-refractivity contribution in [3.8, 4) is 0 Å². The van der Waals surface area contributed by atoms with Crippen molar-refractivity contribution in [1.82, 2.24) is 4.98 Å². The molecule has 0 atom stereocenters. The SMILES string of the molecule is CN(C(=O)OC(C)(C)C)c1cc(C(=NO)C(=O)c2ccc(F)cc2)ccn1. The lowest BCUT2D eigenvalue weighted by Crippen LogP contribution is -2.34. The molecule has 0 unspecified atom stereocenters. The monoisotopic (exact) mass is 373 g/mol. The quantitative estimate of drug-likeness (QED) is 0.382. The fraction of sp³-hybridized carbons (Fsp3) is 0.263. The Balaban J connectivity index is 2.30. The molecule has 1 heterocycles. The van der Waals surface area contributed by atoms with E-state index in [9.17, 15) is 19.2 Å². The standard InChI is InChI=1S/C19H20FN3O4/c1-19(2,3)27-18(25)23(4)15-11-13(9-10-21-15)16(22-26)17(24)12-5-7-14(20)8-6-12/h5-11,26H,1-4H3.